The van der Waals surface area contributed by atoms with Crippen molar-refractivity contribution >= 4 is 17.3 Å². The fourth-order valence-electron chi connectivity index (χ4n) is 6.05. The van der Waals surface area contributed by atoms with E-state index in [4.69, 9.17) is 5.73 Å². The number of Topliss-reactive ketones (excluding diaryl/α,β-unsaturated/α-hetero) is 1. The molecule has 1 aliphatic heterocycles. The Morgan fingerprint density at radius 2 is 1.79 bits per heavy atom. The zero-order chi connectivity index (χ0) is 26.3. The summed E-state index contributed by atoms with van der Waals surface area (Å²) in [6, 6.07) is 12.9. The van der Waals surface area contributed by atoms with Crippen LogP contribution in [0.2, 0.25) is 0 Å². The molecule has 1 amide bonds. The van der Waals surface area contributed by atoms with Crippen molar-refractivity contribution in [3.05, 3.63) is 89.3 Å². The highest BCUT2D eigenvalue weighted by molar-refractivity contribution is 5.98. The van der Waals surface area contributed by atoms with Crippen molar-refractivity contribution in [2.24, 2.45) is 11.7 Å². The average Bonchev–Trinajstić information content (AvgIpc) is 3.74. The first-order chi connectivity index (χ1) is 18.4. The molecule has 1 spiro atoms. The summed E-state index contributed by atoms with van der Waals surface area (Å²) < 4.78 is 14.2. The second-order valence-electron chi connectivity index (χ2n) is 10.9. The molecular formula is C31H31FN4O2. The first kappa shape index (κ1) is 24.6. The van der Waals surface area contributed by atoms with Gasteiger partial charge in [0.05, 0.1) is 6.54 Å². The minimum atomic E-state index is -0.329. The molecule has 3 aliphatic rings. The van der Waals surface area contributed by atoms with Crippen LogP contribution in [0.5, 0.6) is 0 Å². The molecule has 194 valence electrons. The van der Waals surface area contributed by atoms with Gasteiger partial charge in [0.25, 0.3) is 0 Å². The molecule has 7 heteroatoms. The zero-order valence-electron chi connectivity index (χ0n) is 21.3. The van der Waals surface area contributed by atoms with Gasteiger partial charge in [-0.1, -0.05) is 36.4 Å². The van der Waals surface area contributed by atoms with Crippen LogP contribution in [0.15, 0.2) is 60.9 Å². The summed E-state index contributed by atoms with van der Waals surface area (Å²) in [7, 11) is 0. The van der Waals surface area contributed by atoms with Crippen molar-refractivity contribution < 1.29 is 14.0 Å². The number of carbonyl (C=O) groups is 2. The molecule has 2 aliphatic carbocycles. The van der Waals surface area contributed by atoms with E-state index in [0.717, 1.165) is 43.2 Å². The minimum absolute atomic E-state index is 0.0397. The molecule has 38 heavy (non-hydrogen) atoms. The molecule has 2 fully saturated rings. The normalized spacial score (nSPS) is 18.9. The van der Waals surface area contributed by atoms with Crippen LogP contribution >= 0.6 is 0 Å². The number of piperidine rings is 1. The predicted octanol–water partition coefficient (Wildman–Crippen LogP) is 4.72. The van der Waals surface area contributed by atoms with E-state index in [1.54, 1.807) is 30.6 Å². The standard InChI is InChI=1S/C31H31FN4O2/c32-27-4-2-1-3-25(27)24-17-34-30(35-18-24)22-7-10-31(11-12-31)26-6-5-21(15-23(26)16-22)29(38)20-8-13-36(14-9-20)19-28(33)37/h1-7,15,17-18,20H,8-14,16,19H2,(H2,33,37). The van der Waals surface area contributed by atoms with E-state index in [9.17, 15) is 14.0 Å². The van der Waals surface area contributed by atoms with Gasteiger partial charge in [-0.05, 0) is 79.4 Å². The highest BCUT2D eigenvalue weighted by Gasteiger charge is 2.45. The summed E-state index contributed by atoms with van der Waals surface area (Å²) in [5.41, 5.74) is 10.9. The van der Waals surface area contributed by atoms with E-state index in [1.807, 2.05) is 11.0 Å². The van der Waals surface area contributed by atoms with E-state index in [1.165, 1.54) is 17.2 Å². The fourth-order valence-corrected chi connectivity index (χ4v) is 6.05. The smallest absolute Gasteiger partial charge is 0.231 e. The lowest BCUT2D eigenvalue weighted by atomic mass is 9.84. The number of fused-ring (bicyclic) bond motifs is 2. The fraction of sp³-hybridized carbons (Fsp3) is 0.355. The van der Waals surface area contributed by atoms with Gasteiger partial charge in [0.15, 0.2) is 11.6 Å². The Kier molecular flexibility index (Phi) is 6.40. The number of rotatable bonds is 6. The first-order valence-corrected chi connectivity index (χ1v) is 13.4. The summed E-state index contributed by atoms with van der Waals surface area (Å²) in [5, 5.41) is 0. The number of nitrogens with two attached hydrogens (primary N) is 1. The summed E-state index contributed by atoms with van der Waals surface area (Å²) >= 11 is 0. The van der Waals surface area contributed by atoms with Crippen LogP contribution in [0.25, 0.3) is 16.7 Å². The number of hydrogen-bond acceptors (Lipinski definition) is 5. The average molecular weight is 511 g/mol. The maximum atomic E-state index is 14.2. The highest BCUT2D eigenvalue weighted by Crippen LogP contribution is 2.54. The van der Waals surface area contributed by atoms with Crippen LogP contribution in [0, 0.1) is 11.7 Å². The van der Waals surface area contributed by atoms with Gasteiger partial charge in [-0.2, -0.15) is 0 Å². The molecule has 0 atom stereocenters. The Balaban J connectivity index is 1.23. The van der Waals surface area contributed by atoms with Crippen LogP contribution < -0.4 is 5.73 Å². The quantitative estimate of drug-likeness (QED) is 0.485. The number of amides is 1. The van der Waals surface area contributed by atoms with Gasteiger partial charge in [0.1, 0.15) is 5.82 Å². The van der Waals surface area contributed by atoms with Crippen LogP contribution in [-0.2, 0) is 16.6 Å². The van der Waals surface area contributed by atoms with Crippen molar-refractivity contribution in [2.75, 3.05) is 19.6 Å². The SMILES string of the molecule is NC(=O)CN1CCC(C(=O)c2ccc3c(c2)CC(c2ncc(-c4ccccc4F)cn2)=CCC32CC2)CC1. The number of halogens is 1. The van der Waals surface area contributed by atoms with Crippen molar-refractivity contribution in [3.63, 3.8) is 0 Å². The molecule has 0 radical (unpaired) electrons. The van der Waals surface area contributed by atoms with E-state index < -0.39 is 0 Å². The largest absolute Gasteiger partial charge is 0.369 e. The molecule has 0 unspecified atom stereocenters. The Bertz CT molecular complexity index is 1420. The van der Waals surface area contributed by atoms with Gasteiger partial charge in [-0.3, -0.25) is 14.5 Å². The number of hydrogen-bond donors (Lipinski definition) is 1. The molecule has 6 rings (SSSR count). The molecule has 1 aromatic heterocycles. The topological polar surface area (TPSA) is 89.2 Å². The zero-order valence-corrected chi connectivity index (χ0v) is 21.3. The molecule has 0 bridgehead atoms. The third kappa shape index (κ3) is 4.78. The van der Waals surface area contributed by atoms with Crippen molar-refractivity contribution in [1.82, 2.24) is 14.9 Å². The number of benzene rings is 2. The van der Waals surface area contributed by atoms with Crippen molar-refractivity contribution in [3.8, 4) is 11.1 Å². The van der Waals surface area contributed by atoms with E-state index in [-0.39, 0.29) is 35.4 Å². The number of ketones is 1. The summed E-state index contributed by atoms with van der Waals surface area (Å²) in [5.74, 6) is 0.160. The van der Waals surface area contributed by atoms with Crippen LogP contribution in [0.4, 0.5) is 4.39 Å². The van der Waals surface area contributed by atoms with Gasteiger partial charge >= 0.3 is 0 Å². The molecule has 1 saturated heterocycles. The first-order valence-electron chi connectivity index (χ1n) is 13.4. The van der Waals surface area contributed by atoms with Gasteiger partial charge in [0.2, 0.25) is 5.91 Å². The third-order valence-electron chi connectivity index (χ3n) is 8.40. The van der Waals surface area contributed by atoms with Crippen molar-refractivity contribution in [1.29, 1.82) is 0 Å². The number of carbonyl (C=O) groups excluding carboxylic acids is 2. The lowest BCUT2D eigenvalue weighted by Gasteiger charge is -2.30. The Morgan fingerprint density at radius 1 is 1.05 bits per heavy atom. The Morgan fingerprint density at radius 3 is 2.47 bits per heavy atom. The second-order valence-corrected chi connectivity index (χ2v) is 10.9. The maximum absolute atomic E-state index is 14.2. The predicted molar refractivity (Wildman–Crippen MR) is 144 cm³/mol. The molecule has 1 saturated carbocycles. The number of nitrogens with zero attached hydrogens (tertiary/aromatic N) is 3. The molecule has 3 aromatic rings. The third-order valence-corrected chi connectivity index (χ3v) is 8.40. The van der Waals surface area contributed by atoms with Gasteiger partial charge in [-0.15, -0.1) is 0 Å². The Hall–Kier alpha value is -3.71. The Labute approximate surface area is 221 Å². The maximum Gasteiger partial charge on any atom is 0.231 e. The molecule has 2 heterocycles. The number of primary amides is 1. The van der Waals surface area contributed by atoms with Gasteiger partial charge < -0.3 is 5.73 Å². The van der Waals surface area contributed by atoms with Crippen LogP contribution in [-0.4, -0.2) is 46.2 Å². The lowest BCUT2D eigenvalue weighted by Crippen LogP contribution is -2.41. The molecule has 6 nitrogen and oxygen atoms in total. The van der Waals surface area contributed by atoms with Gasteiger partial charge in [0, 0.05) is 41.4 Å². The minimum Gasteiger partial charge on any atom is -0.369 e. The molecule has 2 aromatic carbocycles. The summed E-state index contributed by atoms with van der Waals surface area (Å²) in [4.78, 5) is 35.9. The van der Waals surface area contributed by atoms with Crippen LogP contribution in [0.3, 0.4) is 0 Å². The van der Waals surface area contributed by atoms with E-state index in [2.05, 4.69) is 28.2 Å². The molecular weight excluding hydrogens is 479 g/mol. The van der Waals surface area contributed by atoms with Gasteiger partial charge in [-0.25, -0.2) is 14.4 Å². The lowest BCUT2D eigenvalue weighted by molar-refractivity contribution is -0.119. The summed E-state index contributed by atoms with van der Waals surface area (Å²) in [6.07, 6.45) is 11.0. The number of likely N-dealkylation sites (tertiary alicyclic amines) is 1. The van der Waals surface area contributed by atoms with Crippen LogP contribution in [0.1, 0.15) is 59.4 Å². The van der Waals surface area contributed by atoms with Crippen molar-refractivity contribution in [2.45, 2.75) is 43.9 Å². The van der Waals surface area contributed by atoms with E-state index in [0.29, 0.717) is 36.5 Å². The molecule has 2 N–H and O–H groups in total. The second kappa shape index (κ2) is 9.87. The summed E-state index contributed by atoms with van der Waals surface area (Å²) in [6.45, 7) is 1.67. The number of allylic oxidation sites excluding steroid dienone is 2. The highest BCUT2D eigenvalue weighted by atomic mass is 19.1. The van der Waals surface area contributed by atoms with E-state index >= 15 is 0 Å². The monoisotopic (exact) mass is 510 g/mol. The number of aromatic nitrogens is 2.